The van der Waals surface area contributed by atoms with E-state index in [9.17, 15) is 9.90 Å². The molecule has 0 bridgehead atoms. The molecule has 166 valence electrons. The van der Waals surface area contributed by atoms with Crippen molar-refractivity contribution in [1.29, 1.82) is 0 Å². The summed E-state index contributed by atoms with van der Waals surface area (Å²) in [6, 6.07) is 18.6. The van der Waals surface area contributed by atoms with Gasteiger partial charge in [0.15, 0.2) is 5.78 Å². The van der Waals surface area contributed by atoms with Crippen molar-refractivity contribution in [3.63, 3.8) is 0 Å². The number of alkyl halides is 2. The van der Waals surface area contributed by atoms with Crippen LogP contribution in [-0.2, 0) is 9.47 Å². The first-order chi connectivity index (χ1) is 13.6. The van der Waals surface area contributed by atoms with Crippen LogP contribution in [0.4, 0.5) is 0 Å². The minimum absolute atomic E-state index is 0. The Morgan fingerprint density at radius 2 is 1.45 bits per heavy atom. The standard InChI is InChI=1S/C11H15ClO2.C11H13ClO2.CH4.2H2/c2*1-14-8-10(7-12)11(13)9-5-3-2-4-6-9;;;/h2-6,10-11,13H,7-8H2,1H3;2-6,10H,7-8H2,1H3;1H4;2*1H/t10?,11-;;;;/m0..../s1. The minimum atomic E-state index is -0.548. The molecule has 29 heavy (non-hydrogen) atoms. The van der Waals surface area contributed by atoms with Gasteiger partial charge >= 0.3 is 0 Å². The van der Waals surface area contributed by atoms with Crippen molar-refractivity contribution < 1.29 is 22.2 Å². The van der Waals surface area contributed by atoms with Crippen LogP contribution in [0.25, 0.3) is 0 Å². The quantitative estimate of drug-likeness (QED) is 0.374. The van der Waals surface area contributed by atoms with E-state index >= 15 is 0 Å². The highest BCUT2D eigenvalue weighted by molar-refractivity contribution is 6.20. The van der Waals surface area contributed by atoms with E-state index in [1.807, 2.05) is 48.5 Å². The fraction of sp³-hybridized carbons (Fsp3) is 0.435. The van der Waals surface area contributed by atoms with Gasteiger partial charge in [0.1, 0.15) is 0 Å². The van der Waals surface area contributed by atoms with Crippen molar-refractivity contribution >= 4 is 29.0 Å². The number of aliphatic hydroxyl groups excluding tert-OH is 1. The number of hydrogen-bond donors (Lipinski definition) is 1. The molecule has 0 aliphatic rings. The third-order valence-corrected chi connectivity index (χ3v) is 4.92. The lowest BCUT2D eigenvalue weighted by atomic mass is 9.98. The van der Waals surface area contributed by atoms with Gasteiger partial charge in [-0.05, 0) is 5.56 Å². The molecular formula is C23H36Cl2O4. The molecule has 4 nitrogen and oxygen atoms in total. The largest absolute Gasteiger partial charge is 0.388 e. The highest BCUT2D eigenvalue weighted by Crippen LogP contribution is 2.23. The smallest absolute Gasteiger partial charge is 0.169 e. The minimum Gasteiger partial charge on any atom is -0.388 e. The van der Waals surface area contributed by atoms with Gasteiger partial charge in [-0.1, -0.05) is 68.1 Å². The van der Waals surface area contributed by atoms with E-state index < -0.39 is 6.10 Å². The zero-order valence-corrected chi connectivity index (χ0v) is 17.8. The summed E-state index contributed by atoms with van der Waals surface area (Å²) in [6.45, 7) is 0.844. The van der Waals surface area contributed by atoms with Crippen LogP contribution < -0.4 is 0 Å². The first-order valence-electron chi connectivity index (χ1n) is 9.01. The number of hydrogen-bond acceptors (Lipinski definition) is 4. The molecule has 2 rings (SSSR count). The van der Waals surface area contributed by atoms with Crippen LogP contribution in [-0.4, -0.2) is 50.1 Å². The van der Waals surface area contributed by atoms with Crippen LogP contribution in [0.3, 0.4) is 0 Å². The second-order valence-electron chi connectivity index (χ2n) is 6.26. The zero-order valence-electron chi connectivity index (χ0n) is 16.3. The summed E-state index contributed by atoms with van der Waals surface area (Å²) >= 11 is 11.4. The van der Waals surface area contributed by atoms with Crippen molar-refractivity contribution in [2.75, 3.05) is 39.2 Å². The fourth-order valence-corrected chi connectivity index (χ4v) is 3.07. The first-order valence-corrected chi connectivity index (χ1v) is 10.1. The Morgan fingerprint density at radius 1 is 0.931 bits per heavy atom. The van der Waals surface area contributed by atoms with E-state index in [0.717, 1.165) is 5.56 Å². The molecule has 2 aromatic carbocycles. The zero-order chi connectivity index (χ0) is 20.8. The van der Waals surface area contributed by atoms with Gasteiger partial charge in [-0.15, -0.1) is 23.2 Å². The normalized spacial score (nSPS) is 13.3. The summed E-state index contributed by atoms with van der Waals surface area (Å²) in [5, 5.41) is 9.95. The highest BCUT2D eigenvalue weighted by atomic mass is 35.5. The summed E-state index contributed by atoms with van der Waals surface area (Å²) in [5.74, 6) is 0.432. The van der Waals surface area contributed by atoms with E-state index in [4.69, 9.17) is 32.7 Å². The SMILES string of the molecule is C.COCC(CCl)C(=O)c1ccccc1.COCC(CCl)[C@@H](O)c1ccccc1.[HH].[HH]. The van der Waals surface area contributed by atoms with E-state index in [1.54, 1.807) is 26.4 Å². The average Bonchev–Trinajstić information content (AvgIpc) is 2.76. The molecule has 2 aromatic rings. The molecule has 0 aliphatic heterocycles. The number of Topliss-reactive ketones (excluding diaryl/α,β-unsaturated/α-hetero) is 1. The molecule has 0 radical (unpaired) electrons. The average molecular weight is 447 g/mol. The second-order valence-corrected chi connectivity index (χ2v) is 6.88. The van der Waals surface area contributed by atoms with Crippen molar-refractivity contribution in [3.05, 3.63) is 71.8 Å². The molecule has 0 fully saturated rings. The maximum Gasteiger partial charge on any atom is 0.169 e. The number of halogens is 2. The molecule has 0 spiro atoms. The van der Waals surface area contributed by atoms with E-state index in [2.05, 4.69) is 0 Å². The fourth-order valence-electron chi connectivity index (χ4n) is 2.59. The molecule has 0 aliphatic carbocycles. The molecule has 0 amide bonds. The number of aliphatic hydroxyl groups is 1. The molecule has 0 aromatic heterocycles. The molecule has 3 atom stereocenters. The Labute approximate surface area is 187 Å². The molecular weight excluding hydrogens is 411 g/mol. The number of ether oxygens (including phenoxy) is 2. The Morgan fingerprint density at radius 3 is 1.90 bits per heavy atom. The van der Waals surface area contributed by atoms with Gasteiger partial charge in [-0.2, -0.15) is 0 Å². The van der Waals surface area contributed by atoms with Crippen molar-refractivity contribution in [2.24, 2.45) is 11.8 Å². The molecule has 1 N–H and O–H groups in total. The van der Waals surface area contributed by atoms with E-state index in [1.165, 1.54) is 0 Å². The molecule has 0 saturated heterocycles. The lowest BCUT2D eigenvalue weighted by molar-refractivity contribution is 0.0584. The Kier molecular flexibility index (Phi) is 15.6. The van der Waals surface area contributed by atoms with Crippen LogP contribution in [0.5, 0.6) is 0 Å². The van der Waals surface area contributed by atoms with Crippen LogP contribution in [0.2, 0.25) is 0 Å². The van der Waals surface area contributed by atoms with Gasteiger partial charge in [-0.25, -0.2) is 0 Å². The number of carbonyl (C=O) groups is 1. The second kappa shape index (κ2) is 16.4. The number of rotatable bonds is 10. The van der Waals surface area contributed by atoms with Crippen LogP contribution in [0.1, 0.15) is 32.3 Å². The number of ketones is 1. The van der Waals surface area contributed by atoms with Crippen LogP contribution in [0.15, 0.2) is 60.7 Å². The van der Waals surface area contributed by atoms with Crippen LogP contribution >= 0.6 is 23.2 Å². The molecule has 0 saturated carbocycles. The number of benzene rings is 2. The lowest BCUT2D eigenvalue weighted by Crippen LogP contribution is -2.21. The third kappa shape index (κ3) is 9.75. The summed E-state index contributed by atoms with van der Waals surface area (Å²) in [4.78, 5) is 11.8. The topological polar surface area (TPSA) is 55.8 Å². The summed E-state index contributed by atoms with van der Waals surface area (Å²) in [6.07, 6.45) is -0.548. The van der Waals surface area contributed by atoms with Crippen LogP contribution in [0, 0.1) is 11.8 Å². The first kappa shape index (κ1) is 27.6. The predicted octanol–water partition coefficient (Wildman–Crippen LogP) is 5.72. The lowest BCUT2D eigenvalue weighted by Gasteiger charge is -2.20. The predicted molar refractivity (Wildman–Crippen MR) is 125 cm³/mol. The Bertz CT molecular complexity index is 663. The van der Waals surface area contributed by atoms with Gasteiger partial charge in [0.25, 0.3) is 0 Å². The molecule has 0 heterocycles. The van der Waals surface area contributed by atoms with Gasteiger partial charge in [0.05, 0.1) is 25.2 Å². The molecule has 2 unspecified atom stereocenters. The monoisotopic (exact) mass is 446 g/mol. The van der Waals surface area contributed by atoms with Crippen molar-refractivity contribution in [3.8, 4) is 0 Å². The number of methoxy groups -OCH3 is 2. The third-order valence-electron chi connectivity index (χ3n) is 4.15. The van der Waals surface area contributed by atoms with Gasteiger partial charge in [-0.3, -0.25) is 4.79 Å². The van der Waals surface area contributed by atoms with Gasteiger partial charge in [0, 0.05) is 40.3 Å². The summed E-state index contributed by atoms with van der Waals surface area (Å²) < 4.78 is 9.93. The molecule has 6 heteroatoms. The van der Waals surface area contributed by atoms with Gasteiger partial charge < -0.3 is 14.6 Å². The Balaban J connectivity index is -0.000000461. The maximum atomic E-state index is 11.8. The summed E-state index contributed by atoms with van der Waals surface area (Å²) in [7, 11) is 3.18. The van der Waals surface area contributed by atoms with E-state index in [0.29, 0.717) is 30.5 Å². The maximum absolute atomic E-state index is 11.8. The highest BCUT2D eigenvalue weighted by Gasteiger charge is 2.19. The van der Waals surface area contributed by atoms with Gasteiger partial charge in [0.2, 0.25) is 0 Å². The van der Waals surface area contributed by atoms with Crippen molar-refractivity contribution in [2.45, 2.75) is 13.5 Å². The summed E-state index contributed by atoms with van der Waals surface area (Å²) in [5.41, 5.74) is 1.57. The van der Waals surface area contributed by atoms with E-state index in [-0.39, 0.29) is 27.9 Å². The Hall–Kier alpha value is -1.43. The van der Waals surface area contributed by atoms with Crippen molar-refractivity contribution in [1.82, 2.24) is 0 Å². The number of carbonyl (C=O) groups excluding carboxylic acids is 1.